The second-order valence-electron chi connectivity index (χ2n) is 8.19. The average Bonchev–Trinajstić information content (AvgIpc) is 2.84. The Morgan fingerprint density at radius 2 is 1.79 bits per heavy atom. The average molecular weight is 488 g/mol. The summed E-state index contributed by atoms with van der Waals surface area (Å²) in [6, 6.07) is 21.2. The third-order valence-electron chi connectivity index (χ3n) is 5.57. The Morgan fingerprint density at radius 3 is 2.56 bits per heavy atom. The highest BCUT2D eigenvalue weighted by Gasteiger charge is 2.25. The lowest BCUT2D eigenvalue weighted by atomic mass is 10.0. The highest BCUT2D eigenvalue weighted by atomic mass is 35.5. The minimum Gasteiger partial charge on any atom is -0.438 e. The van der Waals surface area contributed by atoms with Gasteiger partial charge in [0.15, 0.2) is 5.82 Å². The molecule has 1 aromatic heterocycles. The van der Waals surface area contributed by atoms with E-state index in [4.69, 9.17) is 26.3 Å². The van der Waals surface area contributed by atoms with E-state index in [9.17, 15) is 4.79 Å². The van der Waals surface area contributed by atoms with E-state index in [-0.39, 0.29) is 11.7 Å². The van der Waals surface area contributed by atoms with Crippen LogP contribution in [-0.2, 0) is 11.2 Å². The predicted molar refractivity (Wildman–Crippen MR) is 137 cm³/mol. The van der Waals surface area contributed by atoms with Gasteiger partial charge in [0.25, 0.3) is 0 Å². The molecule has 5 nitrogen and oxygen atoms in total. The number of hydrogen-bond donors (Lipinski definition) is 1. The molecule has 1 aliphatic heterocycles. The summed E-state index contributed by atoms with van der Waals surface area (Å²) in [5, 5.41) is 4.33. The molecule has 1 aliphatic rings. The van der Waals surface area contributed by atoms with Crippen molar-refractivity contribution >= 4 is 35.0 Å². The largest absolute Gasteiger partial charge is 0.438 e. The molecular formula is C27H22ClN3O2S. The number of halogens is 1. The second-order valence-corrected chi connectivity index (χ2v) is 9.59. The summed E-state index contributed by atoms with van der Waals surface area (Å²) in [6.45, 7) is 4.04. The minimum absolute atomic E-state index is 0.0952. The van der Waals surface area contributed by atoms with Crippen molar-refractivity contribution in [3.05, 3.63) is 94.0 Å². The number of para-hydroxylation sites is 1. The fourth-order valence-corrected chi connectivity index (χ4v) is 4.73. The molecule has 0 atom stereocenters. The molecule has 1 amide bonds. The Bertz CT molecular complexity index is 1370. The summed E-state index contributed by atoms with van der Waals surface area (Å²) in [5.41, 5.74) is 5.78. The molecule has 7 heteroatoms. The topological polar surface area (TPSA) is 64.1 Å². The number of carbonyl (C=O) groups is 1. The van der Waals surface area contributed by atoms with E-state index in [1.807, 2.05) is 74.5 Å². The maximum Gasteiger partial charge on any atom is 0.234 e. The number of fused-ring (bicyclic) bond motifs is 2. The maximum absolute atomic E-state index is 12.7. The van der Waals surface area contributed by atoms with Crippen LogP contribution in [0, 0.1) is 13.8 Å². The number of aryl methyl sites for hydroxylation is 2. The predicted octanol–water partition coefficient (Wildman–Crippen LogP) is 6.84. The zero-order valence-corrected chi connectivity index (χ0v) is 20.3. The van der Waals surface area contributed by atoms with Crippen LogP contribution in [0.15, 0.2) is 71.8 Å². The number of nitrogens with zero attached hydrogens (tertiary/aromatic N) is 2. The molecule has 3 aromatic carbocycles. The number of rotatable bonds is 5. The summed E-state index contributed by atoms with van der Waals surface area (Å²) in [5.74, 6) is 2.03. The lowest BCUT2D eigenvalue weighted by Crippen LogP contribution is -2.15. The van der Waals surface area contributed by atoms with Crippen LogP contribution in [0.1, 0.15) is 22.3 Å². The van der Waals surface area contributed by atoms with Crippen molar-refractivity contribution in [2.75, 3.05) is 11.1 Å². The van der Waals surface area contributed by atoms with E-state index in [1.54, 1.807) is 0 Å². The number of hydrogen-bond acceptors (Lipinski definition) is 5. The van der Waals surface area contributed by atoms with Gasteiger partial charge in [-0.3, -0.25) is 4.79 Å². The Labute approximate surface area is 207 Å². The van der Waals surface area contributed by atoms with Crippen molar-refractivity contribution in [3.8, 4) is 23.0 Å². The summed E-state index contributed by atoms with van der Waals surface area (Å²) in [7, 11) is 0. The van der Waals surface area contributed by atoms with Crippen molar-refractivity contribution in [3.63, 3.8) is 0 Å². The first-order valence-electron chi connectivity index (χ1n) is 10.9. The lowest BCUT2D eigenvalue weighted by Gasteiger charge is -2.23. The first kappa shape index (κ1) is 22.4. The van der Waals surface area contributed by atoms with Crippen LogP contribution in [0.3, 0.4) is 0 Å². The minimum atomic E-state index is -0.0952. The monoisotopic (exact) mass is 487 g/mol. The number of nitrogens with one attached hydrogen (secondary N) is 1. The van der Waals surface area contributed by atoms with Gasteiger partial charge in [-0.1, -0.05) is 59.3 Å². The zero-order valence-electron chi connectivity index (χ0n) is 18.8. The van der Waals surface area contributed by atoms with Gasteiger partial charge in [-0.2, -0.15) is 4.98 Å². The first-order chi connectivity index (χ1) is 16.5. The number of ether oxygens (including phenoxy) is 1. The third kappa shape index (κ3) is 4.79. The SMILES string of the molecule is Cc1ccc(NC(=O)CSc2nc(-c3ccc(Cl)cc3)nc3c2Cc2cccc(C)c2O3)cc1. The molecule has 0 saturated heterocycles. The first-order valence-corrected chi connectivity index (χ1v) is 12.2. The Hall–Kier alpha value is -3.35. The van der Waals surface area contributed by atoms with Crippen molar-refractivity contribution in [2.24, 2.45) is 0 Å². The standard InChI is InChI=1S/C27H22ClN3O2S/c1-16-6-12-21(13-7-16)29-23(32)15-34-27-22-14-19-5-3-4-17(2)24(19)33-26(22)30-25(31-27)18-8-10-20(28)11-9-18/h3-13H,14-15H2,1-2H3,(H,29,32). The van der Waals surface area contributed by atoms with Crippen LogP contribution in [0.4, 0.5) is 5.69 Å². The van der Waals surface area contributed by atoms with Crippen molar-refractivity contribution in [1.82, 2.24) is 9.97 Å². The number of amides is 1. The summed E-state index contributed by atoms with van der Waals surface area (Å²) >= 11 is 7.45. The fraction of sp³-hybridized carbons (Fsp3) is 0.148. The van der Waals surface area contributed by atoms with Gasteiger partial charge in [-0.25, -0.2) is 4.98 Å². The van der Waals surface area contributed by atoms with Gasteiger partial charge in [-0.15, -0.1) is 0 Å². The zero-order chi connectivity index (χ0) is 23.7. The molecule has 0 fully saturated rings. The Morgan fingerprint density at radius 1 is 1.03 bits per heavy atom. The van der Waals surface area contributed by atoms with Gasteiger partial charge in [0.2, 0.25) is 11.8 Å². The van der Waals surface area contributed by atoms with Crippen LogP contribution < -0.4 is 10.1 Å². The van der Waals surface area contributed by atoms with Gasteiger partial charge in [-0.05, 0) is 61.4 Å². The number of benzene rings is 3. The molecule has 0 aliphatic carbocycles. The molecule has 0 radical (unpaired) electrons. The van der Waals surface area contributed by atoms with E-state index < -0.39 is 0 Å². The second kappa shape index (κ2) is 9.49. The van der Waals surface area contributed by atoms with Gasteiger partial charge in [0, 0.05) is 22.7 Å². The third-order valence-corrected chi connectivity index (χ3v) is 6.84. The molecule has 0 spiro atoms. The van der Waals surface area contributed by atoms with E-state index in [0.29, 0.717) is 23.1 Å². The molecule has 34 heavy (non-hydrogen) atoms. The highest BCUT2D eigenvalue weighted by molar-refractivity contribution is 8.00. The van der Waals surface area contributed by atoms with Gasteiger partial charge >= 0.3 is 0 Å². The lowest BCUT2D eigenvalue weighted by molar-refractivity contribution is -0.113. The normalized spacial score (nSPS) is 11.9. The number of anilines is 1. The quantitative estimate of drug-likeness (QED) is 0.217. The number of thioether (sulfide) groups is 1. The van der Waals surface area contributed by atoms with Crippen LogP contribution in [-0.4, -0.2) is 21.6 Å². The van der Waals surface area contributed by atoms with E-state index >= 15 is 0 Å². The molecule has 170 valence electrons. The van der Waals surface area contributed by atoms with E-state index in [0.717, 1.165) is 44.3 Å². The molecule has 4 aromatic rings. The number of carbonyl (C=O) groups excluding carboxylic acids is 1. The Balaban J connectivity index is 1.45. The number of aromatic nitrogens is 2. The molecule has 2 heterocycles. The van der Waals surface area contributed by atoms with E-state index in [2.05, 4.69) is 11.4 Å². The molecule has 0 saturated carbocycles. The van der Waals surface area contributed by atoms with Crippen molar-refractivity contribution < 1.29 is 9.53 Å². The van der Waals surface area contributed by atoms with Crippen LogP contribution >= 0.6 is 23.4 Å². The summed E-state index contributed by atoms with van der Waals surface area (Å²) < 4.78 is 6.26. The maximum atomic E-state index is 12.7. The van der Waals surface area contributed by atoms with E-state index in [1.165, 1.54) is 11.8 Å². The smallest absolute Gasteiger partial charge is 0.234 e. The molecule has 0 unspecified atom stereocenters. The highest BCUT2D eigenvalue weighted by Crippen LogP contribution is 2.41. The summed E-state index contributed by atoms with van der Waals surface area (Å²) in [4.78, 5) is 22.2. The summed E-state index contributed by atoms with van der Waals surface area (Å²) in [6.07, 6.45) is 0.648. The van der Waals surface area contributed by atoms with Crippen molar-refractivity contribution in [2.45, 2.75) is 25.3 Å². The van der Waals surface area contributed by atoms with Gasteiger partial charge in [0.05, 0.1) is 11.3 Å². The molecule has 1 N–H and O–H groups in total. The van der Waals surface area contributed by atoms with Crippen LogP contribution in [0.5, 0.6) is 11.6 Å². The van der Waals surface area contributed by atoms with Crippen molar-refractivity contribution in [1.29, 1.82) is 0 Å². The molecule has 5 rings (SSSR count). The molecular weight excluding hydrogens is 466 g/mol. The fourth-order valence-electron chi connectivity index (χ4n) is 3.78. The Kier molecular flexibility index (Phi) is 6.26. The van der Waals surface area contributed by atoms with Gasteiger partial charge in [0.1, 0.15) is 10.8 Å². The van der Waals surface area contributed by atoms with Gasteiger partial charge < -0.3 is 10.1 Å². The van der Waals surface area contributed by atoms with Crippen LogP contribution in [0.2, 0.25) is 5.02 Å². The molecule has 0 bridgehead atoms. The van der Waals surface area contributed by atoms with Crippen LogP contribution in [0.25, 0.3) is 11.4 Å².